The largest absolute Gasteiger partial charge is 0.493 e. The van der Waals surface area contributed by atoms with Gasteiger partial charge in [-0.3, -0.25) is 0 Å². The van der Waals surface area contributed by atoms with E-state index in [1.54, 1.807) is 14.2 Å². The second-order valence-electron chi connectivity index (χ2n) is 5.08. The van der Waals surface area contributed by atoms with Crippen LogP contribution in [0.25, 0.3) is 5.69 Å². The molecule has 1 aliphatic heterocycles. The molecule has 0 radical (unpaired) electrons. The Bertz CT molecular complexity index is 649. The van der Waals surface area contributed by atoms with Gasteiger partial charge in [0.05, 0.1) is 25.6 Å². The highest BCUT2D eigenvalue weighted by molar-refractivity contribution is 5.50. The lowest BCUT2D eigenvalue weighted by Gasteiger charge is -2.17. The Morgan fingerprint density at radius 2 is 2.05 bits per heavy atom. The van der Waals surface area contributed by atoms with Crippen molar-refractivity contribution in [2.75, 3.05) is 20.8 Å². The number of nitrogens with zero attached hydrogens (tertiary/aromatic N) is 2. The quantitative estimate of drug-likeness (QED) is 0.935. The molecule has 0 bridgehead atoms. The van der Waals surface area contributed by atoms with Gasteiger partial charge < -0.3 is 19.4 Å². The van der Waals surface area contributed by atoms with Gasteiger partial charge in [-0.1, -0.05) is 6.92 Å². The predicted octanol–water partition coefficient (Wildman–Crippen LogP) is 2.10. The molecule has 0 saturated carbocycles. The maximum absolute atomic E-state index is 5.42. The SMILES string of the molecule is CCc1nc2c(n1-c1ccc(OC)c(OC)c1)CCNC2. The van der Waals surface area contributed by atoms with Gasteiger partial charge in [0.2, 0.25) is 0 Å². The summed E-state index contributed by atoms with van der Waals surface area (Å²) in [5.74, 6) is 2.58. The second-order valence-corrected chi connectivity index (χ2v) is 5.08. The second kappa shape index (κ2) is 5.77. The van der Waals surface area contributed by atoms with Gasteiger partial charge in [0, 0.05) is 37.7 Å². The fraction of sp³-hybridized carbons (Fsp3) is 0.438. The molecule has 1 aliphatic rings. The molecule has 1 aromatic carbocycles. The molecule has 1 aromatic heterocycles. The Kier molecular flexibility index (Phi) is 3.84. The van der Waals surface area contributed by atoms with Gasteiger partial charge in [0.1, 0.15) is 5.82 Å². The van der Waals surface area contributed by atoms with Crippen molar-refractivity contribution in [3.63, 3.8) is 0 Å². The zero-order valence-corrected chi connectivity index (χ0v) is 12.8. The average Bonchev–Trinajstić information content (AvgIpc) is 2.92. The maximum Gasteiger partial charge on any atom is 0.162 e. The molecule has 0 saturated heterocycles. The smallest absolute Gasteiger partial charge is 0.162 e. The molecule has 3 rings (SSSR count). The van der Waals surface area contributed by atoms with Crippen LogP contribution in [0.1, 0.15) is 24.1 Å². The van der Waals surface area contributed by atoms with E-state index in [4.69, 9.17) is 14.5 Å². The van der Waals surface area contributed by atoms with E-state index >= 15 is 0 Å². The number of rotatable bonds is 4. The molecule has 112 valence electrons. The molecule has 1 N–H and O–H groups in total. The topological polar surface area (TPSA) is 48.3 Å². The normalized spacial score (nSPS) is 13.9. The number of methoxy groups -OCH3 is 2. The van der Waals surface area contributed by atoms with Crippen molar-refractivity contribution in [3.05, 3.63) is 35.4 Å². The van der Waals surface area contributed by atoms with Gasteiger partial charge in [-0.2, -0.15) is 0 Å². The first-order chi connectivity index (χ1) is 10.3. The lowest BCUT2D eigenvalue weighted by Crippen LogP contribution is -2.24. The Morgan fingerprint density at radius 3 is 2.76 bits per heavy atom. The minimum absolute atomic E-state index is 0.744. The molecular formula is C16H21N3O2. The Morgan fingerprint density at radius 1 is 1.24 bits per heavy atom. The number of ether oxygens (including phenoxy) is 2. The summed E-state index contributed by atoms with van der Waals surface area (Å²) in [6.07, 6.45) is 1.90. The lowest BCUT2D eigenvalue weighted by molar-refractivity contribution is 0.355. The van der Waals surface area contributed by atoms with Crippen molar-refractivity contribution in [2.45, 2.75) is 26.3 Å². The van der Waals surface area contributed by atoms with Crippen LogP contribution < -0.4 is 14.8 Å². The van der Waals surface area contributed by atoms with E-state index in [0.29, 0.717) is 0 Å². The molecule has 2 aromatic rings. The van der Waals surface area contributed by atoms with Crippen LogP contribution in [-0.4, -0.2) is 30.3 Å². The van der Waals surface area contributed by atoms with Crippen LogP contribution in [0.2, 0.25) is 0 Å². The number of aromatic nitrogens is 2. The van der Waals surface area contributed by atoms with E-state index in [2.05, 4.69) is 22.9 Å². The molecule has 0 amide bonds. The third kappa shape index (κ3) is 2.38. The molecule has 5 nitrogen and oxygen atoms in total. The van der Waals surface area contributed by atoms with Crippen molar-refractivity contribution in [1.29, 1.82) is 0 Å². The van der Waals surface area contributed by atoms with E-state index in [-0.39, 0.29) is 0 Å². The van der Waals surface area contributed by atoms with E-state index in [1.807, 2.05) is 12.1 Å². The van der Waals surface area contributed by atoms with Gasteiger partial charge in [-0.05, 0) is 12.1 Å². The maximum atomic E-state index is 5.42. The molecule has 5 heteroatoms. The van der Waals surface area contributed by atoms with Crippen LogP contribution in [0.3, 0.4) is 0 Å². The Hall–Kier alpha value is -2.01. The van der Waals surface area contributed by atoms with Gasteiger partial charge >= 0.3 is 0 Å². The first kappa shape index (κ1) is 13.9. The molecular weight excluding hydrogens is 266 g/mol. The standard InChI is InChI=1S/C16H21N3O2/c1-4-16-18-12-10-17-8-7-13(12)19(16)11-5-6-14(20-2)15(9-11)21-3/h5-6,9,17H,4,7-8,10H2,1-3H3. The molecule has 0 fully saturated rings. The molecule has 0 unspecified atom stereocenters. The zero-order chi connectivity index (χ0) is 14.8. The summed E-state index contributed by atoms with van der Waals surface area (Å²) in [6, 6.07) is 6.02. The zero-order valence-electron chi connectivity index (χ0n) is 12.8. The average molecular weight is 287 g/mol. The van der Waals surface area contributed by atoms with Crippen LogP contribution >= 0.6 is 0 Å². The minimum Gasteiger partial charge on any atom is -0.493 e. The number of aryl methyl sites for hydroxylation is 1. The van der Waals surface area contributed by atoms with Crippen LogP contribution in [-0.2, 0) is 19.4 Å². The summed E-state index contributed by atoms with van der Waals surface area (Å²) in [7, 11) is 3.31. The summed E-state index contributed by atoms with van der Waals surface area (Å²) in [5.41, 5.74) is 3.55. The number of fused-ring (bicyclic) bond motifs is 1. The molecule has 0 aliphatic carbocycles. The van der Waals surface area contributed by atoms with E-state index < -0.39 is 0 Å². The number of benzene rings is 1. The highest BCUT2D eigenvalue weighted by atomic mass is 16.5. The first-order valence-electron chi connectivity index (χ1n) is 7.31. The van der Waals surface area contributed by atoms with E-state index in [1.165, 1.54) is 5.69 Å². The van der Waals surface area contributed by atoms with Gasteiger partial charge in [0.15, 0.2) is 11.5 Å². The summed E-state index contributed by atoms with van der Waals surface area (Å²) in [4.78, 5) is 4.77. The summed E-state index contributed by atoms with van der Waals surface area (Å²) in [5, 5.41) is 3.38. The Balaban J connectivity index is 2.13. The van der Waals surface area contributed by atoms with Gasteiger partial charge in [-0.15, -0.1) is 0 Å². The van der Waals surface area contributed by atoms with Crippen molar-refractivity contribution < 1.29 is 9.47 Å². The number of nitrogens with one attached hydrogen (secondary N) is 1. The number of imidazole rings is 1. The summed E-state index contributed by atoms with van der Waals surface area (Å²) >= 11 is 0. The molecule has 0 spiro atoms. The van der Waals surface area contributed by atoms with Crippen LogP contribution in [0, 0.1) is 0 Å². The van der Waals surface area contributed by atoms with Gasteiger partial charge in [-0.25, -0.2) is 4.98 Å². The van der Waals surface area contributed by atoms with Crippen molar-refractivity contribution >= 4 is 0 Å². The van der Waals surface area contributed by atoms with Crippen molar-refractivity contribution in [2.24, 2.45) is 0 Å². The molecule has 0 atom stereocenters. The van der Waals surface area contributed by atoms with Crippen LogP contribution in [0.4, 0.5) is 0 Å². The number of hydrogen-bond donors (Lipinski definition) is 1. The highest BCUT2D eigenvalue weighted by Gasteiger charge is 2.20. The van der Waals surface area contributed by atoms with Gasteiger partial charge in [0.25, 0.3) is 0 Å². The molecule has 21 heavy (non-hydrogen) atoms. The summed E-state index contributed by atoms with van der Waals surface area (Å²) in [6.45, 7) is 3.98. The molecule has 2 heterocycles. The minimum atomic E-state index is 0.744. The fourth-order valence-corrected chi connectivity index (χ4v) is 2.87. The van der Waals surface area contributed by atoms with Crippen LogP contribution in [0.15, 0.2) is 18.2 Å². The van der Waals surface area contributed by atoms with Crippen molar-refractivity contribution in [3.8, 4) is 17.2 Å². The predicted molar refractivity (Wildman–Crippen MR) is 81.5 cm³/mol. The fourth-order valence-electron chi connectivity index (χ4n) is 2.87. The number of hydrogen-bond acceptors (Lipinski definition) is 4. The Labute approximate surface area is 124 Å². The lowest BCUT2D eigenvalue weighted by atomic mass is 10.1. The third-order valence-electron chi connectivity index (χ3n) is 3.90. The summed E-state index contributed by atoms with van der Waals surface area (Å²) < 4.78 is 13.0. The van der Waals surface area contributed by atoms with E-state index in [0.717, 1.165) is 54.6 Å². The highest BCUT2D eigenvalue weighted by Crippen LogP contribution is 2.31. The third-order valence-corrected chi connectivity index (χ3v) is 3.90. The van der Waals surface area contributed by atoms with E-state index in [9.17, 15) is 0 Å². The van der Waals surface area contributed by atoms with Crippen molar-refractivity contribution in [1.82, 2.24) is 14.9 Å². The monoisotopic (exact) mass is 287 g/mol. The van der Waals surface area contributed by atoms with Crippen LogP contribution in [0.5, 0.6) is 11.5 Å². The first-order valence-corrected chi connectivity index (χ1v) is 7.31.